The van der Waals surface area contributed by atoms with E-state index < -0.39 is 23.3 Å². The number of halogens is 4. The van der Waals surface area contributed by atoms with Gasteiger partial charge in [0.05, 0.1) is 28.8 Å². The minimum Gasteiger partial charge on any atom is -0.381 e. The van der Waals surface area contributed by atoms with Crippen LogP contribution in [0.25, 0.3) is 12.2 Å². The van der Waals surface area contributed by atoms with Crippen molar-refractivity contribution in [1.29, 1.82) is 0 Å². The maximum absolute atomic E-state index is 14.7. The van der Waals surface area contributed by atoms with Crippen LogP contribution in [0.3, 0.4) is 0 Å². The molecule has 0 aliphatic heterocycles. The summed E-state index contributed by atoms with van der Waals surface area (Å²) >= 11 is 12.0. The summed E-state index contributed by atoms with van der Waals surface area (Å²) in [4.78, 5) is 3.88. The molecule has 0 aliphatic carbocycles. The van der Waals surface area contributed by atoms with Crippen LogP contribution in [-0.4, -0.2) is 29.7 Å². The standard InChI is InChI=1S/C23H19Cl2F2N5O/c1-15(32-11-17(10-29-32)3-2-16-4-7-20(24)21(25)8-16)23(33,12-31-14-28-13-30-31)19-6-5-18(26)9-22(19)27/h2-11,13-15,33H,12H2,1H3/t15-,23-/m1/s1. The largest absolute Gasteiger partial charge is 0.381 e. The van der Waals surface area contributed by atoms with Gasteiger partial charge in [-0.25, -0.2) is 18.4 Å². The highest BCUT2D eigenvalue weighted by molar-refractivity contribution is 6.42. The molecular formula is C23H19Cl2F2N5O. The average Bonchev–Trinajstić information content (AvgIpc) is 3.46. The molecule has 0 saturated carbocycles. The van der Waals surface area contributed by atoms with E-state index in [9.17, 15) is 13.9 Å². The molecule has 0 aliphatic rings. The van der Waals surface area contributed by atoms with E-state index in [-0.39, 0.29) is 12.1 Å². The molecule has 0 amide bonds. The van der Waals surface area contributed by atoms with Crippen molar-refractivity contribution in [3.63, 3.8) is 0 Å². The van der Waals surface area contributed by atoms with Gasteiger partial charge in [0.1, 0.15) is 29.9 Å². The third-order valence-electron chi connectivity index (χ3n) is 5.39. The molecule has 2 aromatic carbocycles. The van der Waals surface area contributed by atoms with E-state index >= 15 is 0 Å². The molecule has 170 valence electrons. The van der Waals surface area contributed by atoms with Gasteiger partial charge in [-0.15, -0.1) is 0 Å². The smallest absolute Gasteiger partial charge is 0.137 e. The van der Waals surface area contributed by atoms with Crippen molar-refractivity contribution >= 4 is 35.4 Å². The molecule has 10 heteroatoms. The van der Waals surface area contributed by atoms with Crippen LogP contribution >= 0.6 is 23.2 Å². The zero-order chi connectivity index (χ0) is 23.6. The van der Waals surface area contributed by atoms with E-state index in [1.54, 1.807) is 31.5 Å². The SMILES string of the molecule is C[C@@H](n1cc(C=Cc2ccc(Cl)c(Cl)c2)cn1)[C@](O)(Cn1cncn1)c1ccc(F)cc1F. The first kappa shape index (κ1) is 23.1. The van der Waals surface area contributed by atoms with Crippen molar-refractivity contribution in [1.82, 2.24) is 24.5 Å². The van der Waals surface area contributed by atoms with Gasteiger partial charge in [-0.3, -0.25) is 4.68 Å². The minimum absolute atomic E-state index is 0.0738. The molecule has 4 rings (SSSR count). The van der Waals surface area contributed by atoms with E-state index in [0.29, 0.717) is 10.0 Å². The van der Waals surface area contributed by atoms with Gasteiger partial charge in [-0.05, 0) is 30.7 Å². The third-order valence-corrected chi connectivity index (χ3v) is 6.13. The Morgan fingerprint density at radius 3 is 2.55 bits per heavy atom. The fraction of sp³-hybridized carbons (Fsp3) is 0.174. The molecule has 0 bridgehead atoms. The van der Waals surface area contributed by atoms with Gasteiger partial charge in [0, 0.05) is 23.4 Å². The summed E-state index contributed by atoms with van der Waals surface area (Å²) in [6.45, 7) is 1.57. The first-order valence-electron chi connectivity index (χ1n) is 9.94. The van der Waals surface area contributed by atoms with Crippen molar-refractivity contribution in [2.75, 3.05) is 0 Å². The predicted octanol–water partition coefficient (Wildman–Crippen LogP) is 5.38. The van der Waals surface area contributed by atoms with Gasteiger partial charge < -0.3 is 5.11 Å². The van der Waals surface area contributed by atoms with E-state index in [0.717, 1.165) is 23.3 Å². The highest BCUT2D eigenvalue weighted by Gasteiger charge is 2.40. The van der Waals surface area contributed by atoms with E-state index in [4.69, 9.17) is 23.2 Å². The van der Waals surface area contributed by atoms with Crippen molar-refractivity contribution in [3.8, 4) is 0 Å². The summed E-state index contributed by atoms with van der Waals surface area (Å²) in [6.07, 6.45) is 9.72. The molecule has 6 nitrogen and oxygen atoms in total. The quantitative estimate of drug-likeness (QED) is 0.378. The first-order valence-corrected chi connectivity index (χ1v) is 10.7. The van der Waals surface area contributed by atoms with Crippen molar-refractivity contribution in [3.05, 3.63) is 99.8 Å². The maximum atomic E-state index is 14.7. The van der Waals surface area contributed by atoms with Gasteiger partial charge >= 0.3 is 0 Å². The van der Waals surface area contributed by atoms with E-state index in [1.165, 1.54) is 28.1 Å². The number of aliphatic hydroxyl groups is 1. The normalized spacial score (nSPS) is 14.5. The van der Waals surface area contributed by atoms with Gasteiger partial charge in [-0.1, -0.05) is 47.5 Å². The molecule has 0 fully saturated rings. The van der Waals surface area contributed by atoms with Gasteiger partial charge in [0.25, 0.3) is 0 Å². The van der Waals surface area contributed by atoms with Crippen LogP contribution in [-0.2, 0) is 12.1 Å². The molecule has 4 aromatic rings. The first-order chi connectivity index (χ1) is 15.8. The minimum atomic E-state index is -1.80. The highest BCUT2D eigenvalue weighted by atomic mass is 35.5. The summed E-state index contributed by atoms with van der Waals surface area (Å²) in [5.74, 6) is -1.60. The molecule has 33 heavy (non-hydrogen) atoms. The lowest BCUT2D eigenvalue weighted by Crippen LogP contribution is -2.40. The average molecular weight is 490 g/mol. The van der Waals surface area contributed by atoms with Crippen LogP contribution in [0.5, 0.6) is 0 Å². The summed E-state index contributed by atoms with van der Waals surface area (Å²) in [6, 6.07) is 7.60. The second-order valence-electron chi connectivity index (χ2n) is 7.58. The zero-order valence-electron chi connectivity index (χ0n) is 17.4. The lowest BCUT2D eigenvalue weighted by Gasteiger charge is -2.34. The number of aromatic nitrogens is 5. The number of benzene rings is 2. The van der Waals surface area contributed by atoms with Crippen molar-refractivity contribution in [2.45, 2.75) is 25.1 Å². The number of rotatable bonds is 7. The second-order valence-corrected chi connectivity index (χ2v) is 8.39. The lowest BCUT2D eigenvalue weighted by atomic mass is 9.86. The Kier molecular flexibility index (Phi) is 6.60. The van der Waals surface area contributed by atoms with Crippen LogP contribution < -0.4 is 0 Å². The van der Waals surface area contributed by atoms with Gasteiger partial charge in [0.15, 0.2) is 0 Å². The molecule has 0 saturated heterocycles. The molecule has 2 atom stereocenters. The molecule has 0 unspecified atom stereocenters. The molecule has 2 aromatic heterocycles. The Labute approximate surface area is 198 Å². The van der Waals surface area contributed by atoms with Crippen LogP contribution in [0.1, 0.15) is 29.7 Å². The van der Waals surface area contributed by atoms with Crippen molar-refractivity contribution < 1.29 is 13.9 Å². The van der Waals surface area contributed by atoms with Crippen molar-refractivity contribution in [2.24, 2.45) is 0 Å². The topological polar surface area (TPSA) is 68.8 Å². The van der Waals surface area contributed by atoms with Crippen LogP contribution in [0.4, 0.5) is 8.78 Å². The Morgan fingerprint density at radius 2 is 1.85 bits per heavy atom. The maximum Gasteiger partial charge on any atom is 0.137 e. The summed E-state index contributed by atoms with van der Waals surface area (Å²) in [7, 11) is 0. The molecule has 0 radical (unpaired) electrons. The van der Waals surface area contributed by atoms with E-state index in [2.05, 4.69) is 15.2 Å². The predicted molar refractivity (Wildman–Crippen MR) is 123 cm³/mol. The third kappa shape index (κ3) is 4.98. The molecule has 1 N–H and O–H groups in total. The number of nitrogens with zero attached hydrogens (tertiary/aromatic N) is 5. The highest BCUT2D eigenvalue weighted by Crippen LogP contribution is 2.36. The fourth-order valence-electron chi connectivity index (χ4n) is 3.52. The Balaban J connectivity index is 1.65. The zero-order valence-corrected chi connectivity index (χ0v) is 18.9. The lowest BCUT2D eigenvalue weighted by molar-refractivity contribution is -0.0369. The van der Waals surface area contributed by atoms with Gasteiger partial charge in [-0.2, -0.15) is 10.2 Å². The fourth-order valence-corrected chi connectivity index (χ4v) is 3.83. The molecular weight excluding hydrogens is 471 g/mol. The molecule has 0 spiro atoms. The Hall–Kier alpha value is -3.07. The Bertz CT molecular complexity index is 1290. The van der Waals surface area contributed by atoms with Crippen LogP contribution in [0, 0.1) is 11.6 Å². The Morgan fingerprint density at radius 1 is 1.06 bits per heavy atom. The summed E-state index contributed by atoms with van der Waals surface area (Å²) < 4.78 is 31.1. The number of hydrogen-bond acceptors (Lipinski definition) is 4. The monoisotopic (exact) mass is 489 g/mol. The van der Waals surface area contributed by atoms with Crippen LogP contribution in [0.2, 0.25) is 10.0 Å². The summed E-state index contributed by atoms with van der Waals surface area (Å²) in [5.41, 5.74) is -0.283. The van der Waals surface area contributed by atoms with Gasteiger partial charge in [0.2, 0.25) is 0 Å². The second kappa shape index (κ2) is 9.43. The number of hydrogen-bond donors (Lipinski definition) is 1. The van der Waals surface area contributed by atoms with Crippen LogP contribution in [0.15, 0.2) is 61.4 Å². The molecule has 2 heterocycles. The van der Waals surface area contributed by atoms with E-state index in [1.807, 2.05) is 18.2 Å². The summed E-state index contributed by atoms with van der Waals surface area (Å²) in [5, 5.41) is 20.9.